The van der Waals surface area contributed by atoms with Gasteiger partial charge in [0.1, 0.15) is 5.41 Å². The van der Waals surface area contributed by atoms with Crippen LogP contribution < -0.4 is 5.32 Å². The number of tetrazole rings is 1. The summed E-state index contributed by atoms with van der Waals surface area (Å²) >= 11 is 0. The highest BCUT2D eigenvalue weighted by atomic mass is 16.5. The number of carbonyl (C=O) groups excluding carboxylic acids is 1. The molecule has 0 aliphatic carbocycles. The van der Waals surface area contributed by atoms with Gasteiger partial charge in [0.05, 0.1) is 13.1 Å². The molecule has 8 nitrogen and oxygen atoms in total. The van der Waals surface area contributed by atoms with Gasteiger partial charge in [-0.15, -0.1) is 5.10 Å². The van der Waals surface area contributed by atoms with E-state index in [1.165, 1.54) is 4.80 Å². The lowest BCUT2D eigenvalue weighted by Crippen LogP contribution is -2.40. The Morgan fingerprint density at radius 2 is 2.29 bits per heavy atom. The molecule has 2 heterocycles. The number of rotatable bonds is 2. The largest absolute Gasteiger partial charge is 0.381 e. The predicted octanol–water partition coefficient (Wildman–Crippen LogP) is -0.531. The zero-order chi connectivity index (χ0) is 12.3. The molecule has 0 unspecified atom stereocenters. The van der Waals surface area contributed by atoms with Crippen LogP contribution in [0.25, 0.3) is 0 Å². The molecule has 1 N–H and O–H groups in total. The first-order chi connectivity index (χ1) is 8.16. The standard InChI is InChI=1S/C9H12N6O2/c1-15-13-8(12-14-15)11-7(16)9(6-10)2-4-17-5-3-9/h2-5H2,1H3,(H,11,13,16). The lowest BCUT2D eigenvalue weighted by Gasteiger charge is -2.28. The van der Waals surface area contributed by atoms with Crippen LogP contribution in [-0.4, -0.2) is 39.3 Å². The molecule has 8 heteroatoms. The van der Waals surface area contributed by atoms with Crippen molar-refractivity contribution in [2.75, 3.05) is 18.5 Å². The Bertz CT molecular complexity index is 456. The van der Waals surface area contributed by atoms with Gasteiger partial charge >= 0.3 is 0 Å². The zero-order valence-electron chi connectivity index (χ0n) is 9.38. The third-order valence-corrected chi connectivity index (χ3v) is 2.73. The van der Waals surface area contributed by atoms with Gasteiger partial charge in [0.15, 0.2) is 0 Å². The second-order valence-corrected chi connectivity index (χ2v) is 3.86. The molecular formula is C9H12N6O2. The van der Waals surface area contributed by atoms with Crippen LogP contribution in [0.1, 0.15) is 12.8 Å². The third kappa shape index (κ3) is 2.24. The molecule has 0 spiro atoms. The van der Waals surface area contributed by atoms with E-state index in [1.54, 1.807) is 7.05 Å². The van der Waals surface area contributed by atoms with Crippen molar-refractivity contribution in [2.24, 2.45) is 12.5 Å². The third-order valence-electron chi connectivity index (χ3n) is 2.73. The van der Waals surface area contributed by atoms with Crippen molar-refractivity contribution in [1.29, 1.82) is 5.26 Å². The first kappa shape index (κ1) is 11.5. The number of carbonyl (C=O) groups is 1. The molecule has 1 fully saturated rings. The monoisotopic (exact) mass is 236 g/mol. The Kier molecular flexibility index (Phi) is 3.01. The van der Waals surface area contributed by atoms with Crippen LogP contribution in [0.15, 0.2) is 0 Å². The van der Waals surface area contributed by atoms with Gasteiger partial charge in [-0.3, -0.25) is 10.1 Å². The van der Waals surface area contributed by atoms with Gasteiger partial charge in [-0.25, -0.2) is 0 Å². The van der Waals surface area contributed by atoms with E-state index in [1.807, 2.05) is 0 Å². The predicted molar refractivity (Wildman–Crippen MR) is 55.5 cm³/mol. The molecule has 1 aromatic heterocycles. The van der Waals surface area contributed by atoms with E-state index < -0.39 is 11.3 Å². The average Bonchev–Trinajstić information content (AvgIpc) is 2.75. The van der Waals surface area contributed by atoms with Crippen molar-refractivity contribution >= 4 is 11.9 Å². The minimum absolute atomic E-state index is 0.110. The molecule has 1 aromatic rings. The van der Waals surface area contributed by atoms with Crippen molar-refractivity contribution in [1.82, 2.24) is 20.2 Å². The molecule has 1 amide bonds. The Labute approximate surface area is 97.5 Å². The number of hydrogen-bond donors (Lipinski definition) is 1. The van der Waals surface area contributed by atoms with Gasteiger partial charge in [0, 0.05) is 13.2 Å². The number of ether oxygens (including phenoxy) is 1. The highest BCUT2D eigenvalue weighted by Gasteiger charge is 2.41. The van der Waals surface area contributed by atoms with Crippen LogP contribution in [-0.2, 0) is 16.6 Å². The summed E-state index contributed by atoms with van der Waals surface area (Å²) in [5.41, 5.74) is -1.04. The number of amides is 1. The van der Waals surface area contributed by atoms with Crippen LogP contribution in [0.5, 0.6) is 0 Å². The van der Waals surface area contributed by atoms with E-state index in [-0.39, 0.29) is 5.95 Å². The number of hydrogen-bond acceptors (Lipinski definition) is 6. The van der Waals surface area contributed by atoms with Crippen molar-refractivity contribution in [3.63, 3.8) is 0 Å². The van der Waals surface area contributed by atoms with E-state index in [2.05, 4.69) is 26.8 Å². The maximum absolute atomic E-state index is 12.0. The number of aromatic nitrogens is 4. The van der Waals surface area contributed by atoms with Gasteiger partial charge in [-0.1, -0.05) is 5.10 Å². The highest BCUT2D eigenvalue weighted by Crippen LogP contribution is 2.30. The van der Waals surface area contributed by atoms with Crippen LogP contribution >= 0.6 is 0 Å². The number of nitriles is 1. The van der Waals surface area contributed by atoms with Crippen LogP contribution in [0.2, 0.25) is 0 Å². The normalized spacial score (nSPS) is 18.4. The van der Waals surface area contributed by atoms with E-state index in [0.29, 0.717) is 26.1 Å². The van der Waals surface area contributed by atoms with Crippen LogP contribution in [0.3, 0.4) is 0 Å². The maximum atomic E-state index is 12.0. The second kappa shape index (κ2) is 4.47. The van der Waals surface area contributed by atoms with E-state index >= 15 is 0 Å². The lowest BCUT2D eigenvalue weighted by atomic mass is 9.81. The molecule has 90 valence electrons. The van der Waals surface area contributed by atoms with Crippen molar-refractivity contribution in [2.45, 2.75) is 12.8 Å². The summed E-state index contributed by atoms with van der Waals surface area (Å²) in [5, 5.41) is 22.7. The molecule has 1 aliphatic rings. The van der Waals surface area contributed by atoms with E-state index in [4.69, 9.17) is 10.00 Å². The zero-order valence-corrected chi connectivity index (χ0v) is 9.38. The number of nitrogens with zero attached hydrogens (tertiary/aromatic N) is 5. The molecule has 17 heavy (non-hydrogen) atoms. The van der Waals surface area contributed by atoms with Gasteiger partial charge in [0.2, 0.25) is 5.91 Å². The fraction of sp³-hybridized carbons (Fsp3) is 0.667. The smallest absolute Gasteiger partial charge is 0.270 e. The first-order valence-electron chi connectivity index (χ1n) is 5.21. The van der Waals surface area contributed by atoms with Crippen LogP contribution in [0, 0.1) is 16.7 Å². The summed E-state index contributed by atoms with van der Waals surface area (Å²) < 4.78 is 5.15. The van der Waals surface area contributed by atoms with Crippen molar-refractivity contribution < 1.29 is 9.53 Å². The second-order valence-electron chi connectivity index (χ2n) is 3.86. The van der Waals surface area contributed by atoms with Gasteiger partial charge < -0.3 is 4.74 Å². The highest BCUT2D eigenvalue weighted by molar-refractivity contribution is 5.95. The summed E-state index contributed by atoms with van der Waals surface area (Å²) in [4.78, 5) is 13.3. The molecule has 1 saturated heterocycles. The number of nitrogens with one attached hydrogen (secondary N) is 1. The van der Waals surface area contributed by atoms with Crippen LogP contribution in [0.4, 0.5) is 5.95 Å². The molecule has 0 bridgehead atoms. The Morgan fingerprint density at radius 3 is 2.82 bits per heavy atom. The molecular weight excluding hydrogens is 224 g/mol. The summed E-state index contributed by atoms with van der Waals surface area (Å²) in [5.74, 6) is -0.282. The van der Waals surface area contributed by atoms with Crippen molar-refractivity contribution in [3.8, 4) is 6.07 Å². The van der Waals surface area contributed by atoms with E-state index in [0.717, 1.165) is 0 Å². The quantitative estimate of drug-likeness (QED) is 0.739. The maximum Gasteiger partial charge on any atom is 0.270 e. The summed E-state index contributed by atoms with van der Waals surface area (Å²) in [6.45, 7) is 0.823. The van der Waals surface area contributed by atoms with Gasteiger partial charge in [0.25, 0.3) is 5.95 Å². The van der Waals surface area contributed by atoms with Crippen molar-refractivity contribution in [3.05, 3.63) is 0 Å². The number of anilines is 1. The Hall–Kier alpha value is -2.01. The number of aryl methyl sites for hydroxylation is 1. The molecule has 2 rings (SSSR count). The SMILES string of the molecule is Cn1nnc(NC(=O)C2(C#N)CCOCC2)n1. The molecule has 0 atom stereocenters. The lowest BCUT2D eigenvalue weighted by molar-refractivity contribution is -0.126. The van der Waals surface area contributed by atoms with E-state index in [9.17, 15) is 4.79 Å². The minimum Gasteiger partial charge on any atom is -0.381 e. The minimum atomic E-state index is -1.04. The summed E-state index contributed by atoms with van der Waals surface area (Å²) in [7, 11) is 1.59. The fourth-order valence-electron chi connectivity index (χ4n) is 1.66. The van der Waals surface area contributed by atoms with Gasteiger partial charge in [-0.2, -0.15) is 10.1 Å². The molecule has 0 radical (unpaired) electrons. The first-order valence-corrected chi connectivity index (χ1v) is 5.21. The summed E-state index contributed by atoms with van der Waals surface area (Å²) in [6, 6.07) is 2.07. The summed E-state index contributed by atoms with van der Waals surface area (Å²) in [6.07, 6.45) is 0.769. The Morgan fingerprint density at radius 1 is 1.59 bits per heavy atom. The topological polar surface area (TPSA) is 106 Å². The average molecular weight is 236 g/mol. The molecule has 0 aromatic carbocycles. The molecule has 1 aliphatic heterocycles. The molecule has 0 saturated carbocycles. The Balaban J connectivity index is 2.10. The van der Waals surface area contributed by atoms with Gasteiger partial charge in [-0.05, 0) is 18.1 Å². The fourth-order valence-corrected chi connectivity index (χ4v) is 1.66.